The molecule has 0 atom stereocenters. The molecule has 1 N–H and O–H groups in total. The van der Waals surface area contributed by atoms with E-state index in [9.17, 15) is 22.8 Å². The van der Waals surface area contributed by atoms with Crippen molar-refractivity contribution < 1.29 is 22.4 Å². The molecule has 8 heteroatoms. The van der Waals surface area contributed by atoms with Crippen molar-refractivity contribution in [2.75, 3.05) is 23.3 Å². The van der Waals surface area contributed by atoms with Crippen LogP contribution in [0.15, 0.2) is 57.7 Å². The first kappa shape index (κ1) is 20.0. The number of halogens is 3. The maximum atomic E-state index is 13.2. The lowest BCUT2D eigenvalue weighted by atomic mass is 10.1. The predicted molar refractivity (Wildman–Crippen MR) is 108 cm³/mol. The van der Waals surface area contributed by atoms with Crippen molar-refractivity contribution in [1.82, 2.24) is 0 Å². The van der Waals surface area contributed by atoms with Crippen LogP contribution in [-0.4, -0.2) is 19.0 Å². The summed E-state index contributed by atoms with van der Waals surface area (Å²) in [7, 11) is 0. The van der Waals surface area contributed by atoms with Gasteiger partial charge >= 0.3 is 6.18 Å². The zero-order valence-electron chi connectivity index (χ0n) is 16.0. The summed E-state index contributed by atoms with van der Waals surface area (Å²) in [6.07, 6.45) is -1.64. The number of amides is 1. The fourth-order valence-electron chi connectivity index (χ4n) is 3.62. The van der Waals surface area contributed by atoms with Gasteiger partial charge in [-0.15, -0.1) is 0 Å². The smallest absolute Gasteiger partial charge is 0.416 e. The summed E-state index contributed by atoms with van der Waals surface area (Å²) in [6, 6.07) is 10.8. The number of anilines is 2. The van der Waals surface area contributed by atoms with Crippen LogP contribution in [0.1, 0.15) is 35.4 Å². The summed E-state index contributed by atoms with van der Waals surface area (Å²) >= 11 is 0. The first-order chi connectivity index (χ1) is 14.3. The van der Waals surface area contributed by atoms with E-state index in [1.165, 1.54) is 6.07 Å². The number of carbonyl (C=O) groups excluding carboxylic acids is 1. The van der Waals surface area contributed by atoms with E-state index in [4.69, 9.17) is 4.42 Å². The Labute approximate surface area is 170 Å². The maximum absolute atomic E-state index is 13.2. The van der Waals surface area contributed by atoms with E-state index in [-0.39, 0.29) is 17.0 Å². The molecule has 0 bridgehead atoms. The van der Waals surface area contributed by atoms with Crippen molar-refractivity contribution in [3.05, 3.63) is 70.1 Å². The Hall–Kier alpha value is -3.29. The molecule has 4 rings (SSSR count). The van der Waals surface area contributed by atoms with Crippen LogP contribution >= 0.6 is 0 Å². The molecule has 0 radical (unpaired) electrons. The fourth-order valence-corrected chi connectivity index (χ4v) is 3.62. The first-order valence-electron chi connectivity index (χ1n) is 9.63. The molecule has 1 aliphatic heterocycles. The zero-order valence-corrected chi connectivity index (χ0v) is 16.0. The molecule has 0 aliphatic carbocycles. The minimum absolute atomic E-state index is 0.0348. The van der Waals surface area contributed by atoms with Gasteiger partial charge in [-0.1, -0.05) is 12.1 Å². The predicted octanol–water partition coefficient (Wildman–Crippen LogP) is 5.05. The van der Waals surface area contributed by atoms with Crippen LogP contribution < -0.4 is 15.6 Å². The average molecular weight is 416 g/mol. The number of para-hydroxylation sites is 1. The number of benzene rings is 2. The van der Waals surface area contributed by atoms with E-state index >= 15 is 0 Å². The van der Waals surface area contributed by atoms with Crippen molar-refractivity contribution in [3.8, 4) is 0 Å². The second-order valence-electron chi connectivity index (χ2n) is 7.20. The maximum Gasteiger partial charge on any atom is 0.416 e. The normalized spacial score (nSPS) is 14.7. The summed E-state index contributed by atoms with van der Waals surface area (Å²) in [5.41, 5.74) is -0.483. The number of nitrogens with one attached hydrogen (secondary N) is 1. The lowest BCUT2D eigenvalue weighted by Gasteiger charge is -2.31. The third-order valence-electron chi connectivity index (χ3n) is 5.13. The Morgan fingerprint density at radius 1 is 1.00 bits per heavy atom. The second kappa shape index (κ2) is 7.85. The number of hydrogen-bond acceptors (Lipinski definition) is 4. The van der Waals surface area contributed by atoms with Gasteiger partial charge in [0.15, 0.2) is 11.2 Å². The molecule has 1 aliphatic rings. The van der Waals surface area contributed by atoms with Gasteiger partial charge in [-0.3, -0.25) is 9.59 Å². The number of fused-ring (bicyclic) bond motifs is 1. The molecule has 3 aromatic rings. The molecule has 30 heavy (non-hydrogen) atoms. The quantitative estimate of drug-likeness (QED) is 0.649. The second-order valence-corrected chi connectivity index (χ2v) is 7.20. The standard InChI is InChI=1S/C22H19F3N2O3/c23-22(24,25)14-8-9-17(27-10-4-1-5-11-27)16(12-14)26-21(29)20-13-18(28)15-6-2-3-7-19(15)30-20/h2-3,6-9,12-13H,1,4-5,10-11H2,(H,26,29). The number of carbonyl (C=O) groups is 1. The van der Waals surface area contributed by atoms with Crippen LogP contribution in [-0.2, 0) is 6.18 Å². The highest BCUT2D eigenvalue weighted by molar-refractivity contribution is 6.04. The molecule has 1 saturated heterocycles. The third-order valence-corrected chi connectivity index (χ3v) is 5.13. The van der Waals surface area contributed by atoms with Gasteiger partial charge in [-0.05, 0) is 49.6 Å². The molecule has 2 heterocycles. The van der Waals surface area contributed by atoms with Crippen LogP contribution in [0.4, 0.5) is 24.5 Å². The Morgan fingerprint density at radius 3 is 2.47 bits per heavy atom. The van der Waals surface area contributed by atoms with E-state index in [0.29, 0.717) is 24.2 Å². The van der Waals surface area contributed by atoms with Gasteiger partial charge in [-0.25, -0.2) is 0 Å². The van der Waals surface area contributed by atoms with Crippen LogP contribution in [0, 0.1) is 0 Å². The molecule has 0 unspecified atom stereocenters. The van der Waals surface area contributed by atoms with Crippen LogP contribution in [0.5, 0.6) is 0 Å². The largest absolute Gasteiger partial charge is 0.451 e. The minimum Gasteiger partial charge on any atom is -0.451 e. The van der Waals surface area contributed by atoms with Gasteiger partial charge in [0.1, 0.15) is 5.58 Å². The SMILES string of the molecule is O=C(Nc1cc(C(F)(F)F)ccc1N1CCCCC1)c1cc(=O)c2ccccc2o1. The highest BCUT2D eigenvalue weighted by atomic mass is 19.4. The van der Waals surface area contributed by atoms with Gasteiger partial charge in [0.2, 0.25) is 0 Å². The molecular formula is C22H19F3N2O3. The van der Waals surface area contributed by atoms with Crippen molar-refractivity contribution in [3.63, 3.8) is 0 Å². The number of alkyl halides is 3. The Balaban J connectivity index is 1.71. The Kier molecular flexibility index (Phi) is 5.24. The molecule has 1 fully saturated rings. The van der Waals surface area contributed by atoms with Gasteiger partial charge in [0.25, 0.3) is 5.91 Å². The van der Waals surface area contributed by atoms with Crippen molar-refractivity contribution in [2.45, 2.75) is 25.4 Å². The summed E-state index contributed by atoms with van der Waals surface area (Å²) in [6.45, 7) is 1.39. The zero-order chi connectivity index (χ0) is 21.3. The molecule has 156 valence electrons. The lowest BCUT2D eigenvalue weighted by molar-refractivity contribution is -0.137. The lowest BCUT2D eigenvalue weighted by Crippen LogP contribution is -2.30. The monoisotopic (exact) mass is 416 g/mol. The van der Waals surface area contributed by atoms with Gasteiger partial charge < -0.3 is 14.6 Å². The topological polar surface area (TPSA) is 62.6 Å². The molecule has 2 aromatic carbocycles. The minimum atomic E-state index is -4.55. The van der Waals surface area contributed by atoms with Crippen molar-refractivity contribution in [2.24, 2.45) is 0 Å². The molecule has 0 spiro atoms. The number of hydrogen-bond donors (Lipinski definition) is 1. The molecule has 1 amide bonds. The van der Waals surface area contributed by atoms with Gasteiger partial charge in [0.05, 0.1) is 22.3 Å². The Morgan fingerprint density at radius 2 is 1.73 bits per heavy atom. The van der Waals surface area contributed by atoms with E-state index in [1.54, 1.807) is 24.3 Å². The summed E-state index contributed by atoms with van der Waals surface area (Å²) in [5, 5.41) is 2.84. The van der Waals surface area contributed by atoms with Crippen LogP contribution in [0.2, 0.25) is 0 Å². The average Bonchev–Trinajstić information content (AvgIpc) is 2.73. The third kappa shape index (κ3) is 4.03. The van der Waals surface area contributed by atoms with Crippen molar-refractivity contribution in [1.29, 1.82) is 0 Å². The highest BCUT2D eigenvalue weighted by Crippen LogP contribution is 2.36. The number of rotatable bonds is 3. The molecular weight excluding hydrogens is 397 g/mol. The van der Waals surface area contributed by atoms with E-state index in [2.05, 4.69) is 5.32 Å². The summed E-state index contributed by atoms with van der Waals surface area (Å²) in [5.74, 6) is -1.05. The first-order valence-corrected chi connectivity index (χ1v) is 9.63. The molecule has 0 saturated carbocycles. The fraction of sp³-hybridized carbons (Fsp3) is 0.273. The molecule has 5 nitrogen and oxygen atoms in total. The number of piperidine rings is 1. The Bertz CT molecular complexity index is 1150. The van der Waals surface area contributed by atoms with Crippen LogP contribution in [0.3, 0.4) is 0 Å². The summed E-state index contributed by atoms with van der Waals surface area (Å²) < 4.78 is 45.2. The van der Waals surface area contributed by atoms with Crippen molar-refractivity contribution >= 4 is 28.3 Å². The van der Waals surface area contributed by atoms with E-state index < -0.39 is 23.1 Å². The summed E-state index contributed by atoms with van der Waals surface area (Å²) in [4.78, 5) is 27.0. The van der Waals surface area contributed by atoms with Crippen LogP contribution in [0.25, 0.3) is 11.0 Å². The number of nitrogens with zero attached hydrogens (tertiary/aromatic N) is 1. The molecule has 1 aromatic heterocycles. The van der Waals surface area contributed by atoms with Gasteiger partial charge in [-0.2, -0.15) is 13.2 Å². The highest BCUT2D eigenvalue weighted by Gasteiger charge is 2.32. The van der Waals surface area contributed by atoms with Gasteiger partial charge in [0, 0.05) is 19.2 Å². The van der Waals surface area contributed by atoms with E-state index in [1.807, 2.05) is 4.90 Å². The van der Waals surface area contributed by atoms with E-state index in [0.717, 1.165) is 37.5 Å².